The van der Waals surface area contributed by atoms with Crippen molar-refractivity contribution in [2.45, 2.75) is 16.8 Å². The van der Waals surface area contributed by atoms with E-state index >= 15 is 0 Å². The van der Waals surface area contributed by atoms with E-state index in [1.807, 2.05) is 11.8 Å². The lowest BCUT2D eigenvalue weighted by Crippen LogP contribution is -2.44. The van der Waals surface area contributed by atoms with Gasteiger partial charge in [-0.05, 0) is 11.1 Å². The van der Waals surface area contributed by atoms with Gasteiger partial charge in [0, 0.05) is 13.1 Å². The molecule has 3 unspecified atom stereocenters. The first-order chi connectivity index (χ1) is 11.4. The summed E-state index contributed by atoms with van der Waals surface area (Å²) in [6, 6.07) is 21.9. The lowest BCUT2D eigenvalue weighted by Gasteiger charge is -2.34. The van der Waals surface area contributed by atoms with Gasteiger partial charge in [-0.25, -0.2) is 0 Å². The third-order valence-electron chi connectivity index (χ3n) is 4.56. The monoisotopic (exact) mass is 326 g/mol. The van der Waals surface area contributed by atoms with E-state index in [9.17, 15) is 0 Å². The number of nitrogens with one attached hydrogen (secondary N) is 1. The molecule has 4 heteroatoms. The number of hydrogen-bond acceptors (Lipinski definition) is 4. The molecule has 2 fully saturated rings. The zero-order valence-electron chi connectivity index (χ0n) is 13.1. The number of hydrogen-bond donors (Lipinski definition) is 1. The predicted molar refractivity (Wildman–Crippen MR) is 95.3 cm³/mol. The van der Waals surface area contributed by atoms with Crippen LogP contribution < -0.4 is 5.32 Å². The first kappa shape index (κ1) is 15.2. The normalized spacial score (nSPS) is 28.8. The molecule has 0 saturated carbocycles. The van der Waals surface area contributed by atoms with Crippen molar-refractivity contribution in [1.29, 1.82) is 0 Å². The van der Waals surface area contributed by atoms with E-state index in [4.69, 9.17) is 4.74 Å². The summed E-state index contributed by atoms with van der Waals surface area (Å²) >= 11 is 2.03. The highest BCUT2D eigenvalue weighted by atomic mass is 32.2. The fraction of sp³-hybridized carbons (Fsp3) is 0.368. The van der Waals surface area contributed by atoms with E-state index in [1.54, 1.807) is 0 Å². The third kappa shape index (κ3) is 3.31. The van der Waals surface area contributed by atoms with Crippen LogP contribution in [-0.4, -0.2) is 36.6 Å². The van der Waals surface area contributed by atoms with Crippen LogP contribution in [0.2, 0.25) is 0 Å². The van der Waals surface area contributed by atoms with E-state index in [1.165, 1.54) is 11.1 Å². The minimum Gasteiger partial charge on any atom is -0.379 e. The van der Waals surface area contributed by atoms with Gasteiger partial charge in [-0.3, -0.25) is 10.2 Å². The summed E-state index contributed by atoms with van der Waals surface area (Å²) in [6.07, 6.45) is 0. The number of nitrogens with zero attached hydrogens (tertiary/aromatic N) is 1. The van der Waals surface area contributed by atoms with Gasteiger partial charge in [0.25, 0.3) is 0 Å². The molecule has 0 amide bonds. The van der Waals surface area contributed by atoms with Crippen LogP contribution in [0.4, 0.5) is 0 Å². The average Bonchev–Trinajstić information content (AvgIpc) is 3.09. The highest BCUT2D eigenvalue weighted by molar-refractivity contribution is 8.00. The van der Waals surface area contributed by atoms with Gasteiger partial charge >= 0.3 is 0 Å². The van der Waals surface area contributed by atoms with Crippen molar-refractivity contribution in [3.8, 4) is 0 Å². The second kappa shape index (κ2) is 7.05. The van der Waals surface area contributed by atoms with Crippen LogP contribution in [-0.2, 0) is 4.74 Å². The van der Waals surface area contributed by atoms with Crippen LogP contribution in [0.15, 0.2) is 60.7 Å². The van der Waals surface area contributed by atoms with E-state index in [0.717, 1.165) is 26.3 Å². The molecule has 2 aliphatic heterocycles. The van der Waals surface area contributed by atoms with Gasteiger partial charge in [0.15, 0.2) is 0 Å². The Morgan fingerprint density at radius 3 is 2.13 bits per heavy atom. The SMILES string of the molecule is c1ccc(C2NC(c3ccccc3)C(N3CCOCC3)S2)cc1. The number of rotatable bonds is 3. The second-order valence-corrected chi connectivity index (χ2v) is 7.25. The Labute approximate surface area is 142 Å². The topological polar surface area (TPSA) is 24.5 Å². The van der Waals surface area contributed by atoms with Gasteiger partial charge in [0.1, 0.15) is 0 Å². The first-order valence-corrected chi connectivity index (χ1v) is 9.19. The highest BCUT2D eigenvalue weighted by Crippen LogP contribution is 2.45. The summed E-state index contributed by atoms with van der Waals surface area (Å²) in [4.78, 5) is 2.57. The van der Waals surface area contributed by atoms with E-state index in [0.29, 0.717) is 16.8 Å². The highest BCUT2D eigenvalue weighted by Gasteiger charge is 2.39. The van der Waals surface area contributed by atoms with Gasteiger partial charge in [-0.15, -0.1) is 11.8 Å². The molecule has 2 aliphatic rings. The van der Waals surface area contributed by atoms with Gasteiger partial charge in [0.2, 0.25) is 0 Å². The molecule has 2 heterocycles. The maximum Gasteiger partial charge on any atom is 0.0811 e. The Hall–Kier alpha value is -1.33. The summed E-state index contributed by atoms with van der Waals surface area (Å²) in [5.74, 6) is 0. The number of benzene rings is 2. The number of morpholine rings is 1. The fourth-order valence-electron chi connectivity index (χ4n) is 3.36. The molecule has 23 heavy (non-hydrogen) atoms. The fourth-order valence-corrected chi connectivity index (χ4v) is 4.95. The second-order valence-electron chi connectivity index (χ2n) is 6.02. The quantitative estimate of drug-likeness (QED) is 0.934. The largest absolute Gasteiger partial charge is 0.379 e. The van der Waals surface area contributed by atoms with E-state index < -0.39 is 0 Å². The van der Waals surface area contributed by atoms with Gasteiger partial charge < -0.3 is 4.74 Å². The van der Waals surface area contributed by atoms with Crippen LogP contribution in [0.5, 0.6) is 0 Å². The van der Waals surface area contributed by atoms with Gasteiger partial charge in [-0.1, -0.05) is 60.7 Å². The molecule has 0 aliphatic carbocycles. The first-order valence-electron chi connectivity index (χ1n) is 8.25. The van der Waals surface area contributed by atoms with E-state index in [-0.39, 0.29) is 0 Å². The molecule has 3 nitrogen and oxygen atoms in total. The Bertz CT molecular complexity index is 616. The molecule has 120 valence electrons. The minimum absolute atomic E-state index is 0.342. The molecule has 2 aromatic rings. The van der Waals surface area contributed by atoms with Crippen LogP contribution in [0.3, 0.4) is 0 Å². The Kier molecular flexibility index (Phi) is 4.67. The van der Waals surface area contributed by atoms with Crippen molar-refractivity contribution in [1.82, 2.24) is 10.2 Å². The van der Waals surface area contributed by atoms with Crippen LogP contribution >= 0.6 is 11.8 Å². The summed E-state index contributed by atoms with van der Waals surface area (Å²) in [6.45, 7) is 3.72. The van der Waals surface area contributed by atoms with Crippen LogP contribution in [0.25, 0.3) is 0 Å². The lowest BCUT2D eigenvalue weighted by atomic mass is 10.1. The number of ether oxygens (including phenoxy) is 1. The van der Waals surface area contributed by atoms with Crippen LogP contribution in [0.1, 0.15) is 22.5 Å². The zero-order valence-corrected chi connectivity index (χ0v) is 13.9. The summed E-state index contributed by atoms with van der Waals surface area (Å²) < 4.78 is 5.54. The summed E-state index contributed by atoms with van der Waals surface area (Å²) in [5.41, 5.74) is 2.73. The molecule has 2 saturated heterocycles. The Morgan fingerprint density at radius 1 is 0.870 bits per heavy atom. The maximum atomic E-state index is 5.54. The Balaban J connectivity index is 1.61. The molecule has 2 aromatic carbocycles. The van der Waals surface area contributed by atoms with Crippen molar-refractivity contribution in [3.05, 3.63) is 71.8 Å². The van der Waals surface area contributed by atoms with Crippen molar-refractivity contribution in [2.24, 2.45) is 0 Å². The maximum absolute atomic E-state index is 5.54. The molecule has 0 bridgehead atoms. The molecular weight excluding hydrogens is 304 g/mol. The number of thioether (sulfide) groups is 1. The predicted octanol–water partition coefficient (Wildman–Crippen LogP) is 3.42. The average molecular weight is 326 g/mol. The van der Waals surface area contributed by atoms with E-state index in [2.05, 4.69) is 70.9 Å². The summed E-state index contributed by atoms with van der Waals surface area (Å²) in [5, 5.41) is 4.64. The molecule has 1 N–H and O–H groups in total. The van der Waals surface area contributed by atoms with Crippen molar-refractivity contribution < 1.29 is 4.74 Å². The molecule has 0 aromatic heterocycles. The molecule has 0 radical (unpaired) electrons. The van der Waals surface area contributed by atoms with Crippen molar-refractivity contribution in [2.75, 3.05) is 26.3 Å². The standard InChI is InChI=1S/C19H22N2OS/c1-3-7-15(8-4-1)17-19(21-11-13-22-14-12-21)23-18(20-17)16-9-5-2-6-10-16/h1-10,17-20H,11-14H2. The van der Waals surface area contributed by atoms with Gasteiger partial charge in [0.05, 0.1) is 30.0 Å². The van der Waals surface area contributed by atoms with Crippen molar-refractivity contribution >= 4 is 11.8 Å². The lowest BCUT2D eigenvalue weighted by molar-refractivity contribution is 0.0284. The molecular formula is C19H22N2OS. The van der Waals surface area contributed by atoms with Gasteiger partial charge in [-0.2, -0.15) is 0 Å². The molecule has 3 atom stereocenters. The molecule has 4 rings (SSSR count). The summed E-state index contributed by atoms with van der Waals surface area (Å²) in [7, 11) is 0. The Morgan fingerprint density at radius 2 is 1.48 bits per heavy atom. The molecule has 0 spiro atoms. The minimum atomic E-state index is 0.342. The third-order valence-corrected chi connectivity index (χ3v) is 6.09. The zero-order chi connectivity index (χ0) is 15.5. The van der Waals surface area contributed by atoms with Crippen LogP contribution in [0, 0.1) is 0 Å². The van der Waals surface area contributed by atoms with Crippen molar-refractivity contribution in [3.63, 3.8) is 0 Å². The smallest absolute Gasteiger partial charge is 0.0811 e.